The zero-order chi connectivity index (χ0) is 20.5. The van der Waals surface area contributed by atoms with Crippen LogP contribution in [0.15, 0.2) is 28.7 Å². The lowest BCUT2D eigenvalue weighted by atomic mass is 10.1. The molecule has 3 rings (SSSR count). The molecule has 0 radical (unpaired) electrons. The summed E-state index contributed by atoms with van der Waals surface area (Å²) in [6.45, 7) is 5.60. The Bertz CT molecular complexity index is 959. The van der Waals surface area contributed by atoms with Crippen molar-refractivity contribution < 1.29 is 22.4 Å². The first-order valence-electron chi connectivity index (χ1n) is 9.09. The van der Waals surface area contributed by atoms with Gasteiger partial charge in [-0.25, -0.2) is 8.42 Å². The average molecular weight is 426 g/mol. The lowest BCUT2D eigenvalue weighted by molar-refractivity contribution is -0.136. The molecule has 8 heteroatoms. The van der Waals surface area contributed by atoms with Gasteiger partial charge in [-0.05, 0) is 62.6 Å². The molecule has 0 bridgehead atoms. The molecule has 1 aromatic carbocycles. The van der Waals surface area contributed by atoms with Crippen molar-refractivity contribution in [3.63, 3.8) is 0 Å². The van der Waals surface area contributed by atoms with E-state index in [0.717, 1.165) is 16.9 Å². The number of halogens is 1. The van der Waals surface area contributed by atoms with Gasteiger partial charge in [0.2, 0.25) is 0 Å². The SMILES string of the molecule is Cc1ccc(CN(C(=O)COc2cc(C)c(Cl)c(C)c2)C2CCS(=O)(=O)C2)o1. The lowest BCUT2D eigenvalue weighted by Gasteiger charge is -2.27. The fourth-order valence-corrected chi connectivity index (χ4v) is 5.24. The van der Waals surface area contributed by atoms with Crippen molar-refractivity contribution in [2.75, 3.05) is 18.1 Å². The van der Waals surface area contributed by atoms with Gasteiger partial charge in [0.1, 0.15) is 17.3 Å². The summed E-state index contributed by atoms with van der Waals surface area (Å²) >= 11 is 6.17. The van der Waals surface area contributed by atoms with E-state index in [1.54, 1.807) is 23.1 Å². The smallest absolute Gasteiger partial charge is 0.261 e. The maximum Gasteiger partial charge on any atom is 0.261 e. The minimum absolute atomic E-state index is 0.0302. The number of sulfone groups is 1. The number of carbonyl (C=O) groups is 1. The first-order valence-corrected chi connectivity index (χ1v) is 11.3. The van der Waals surface area contributed by atoms with E-state index in [-0.39, 0.29) is 36.6 Å². The maximum absolute atomic E-state index is 12.9. The first kappa shape index (κ1) is 20.7. The van der Waals surface area contributed by atoms with Crippen LogP contribution in [0.3, 0.4) is 0 Å². The van der Waals surface area contributed by atoms with Crippen LogP contribution in [0, 0.1) is 20.8 Å². The number of hydrogen-bond acceptors (Lipinski definition) is 5. The third-order valence-electron chi connectivity index (χ3n) is 4.86. The van der Waals surface area contributed by atoms with Crippen LogP contribution >= 0.6 is 11.6 Å². The van der Waals surface area contributed by atoms with Crippen LogP contribution in [0.25, 0.3) is 0 Å². The third-order valence-corrected chi connectivity index (χ3v) is 7.21. The van der Waals surface area contributed by atoms with E-state index in [0.29, 0.717) is 23.0 Å². The quantitative estimate of drug-likeness (QED) is 0.708. The van der Waals surface area contributed by atoms with Crippen molar-refractivity contribution in [2.24, 2.45) is 0 Å². The van der Waals surface area contributed by atoms with E-state index in [2.05, 4.69) is 0 Å². The van der Waals surface area contributed by atoms with Crippen LogP contribution in [-0.4, -0.2) is 43.4 Å². The molecule has 1 aliphatic heterocycles. The fourth-order valence-electron chi connectivity index (χ4n) is 3.40. The molecule has 0 saturated carbocycles. The fraction of sp³-hybridized carbons (Fsp3) is 0.450. The van der Waals surface area contributed by atoms with Crippen molar-refractivity contribution in [3.8, 4) is 5.75 Å². The molecular formula is C20H24ClNO5S. The number of furan rings is 1. The van der Waals surface area contributed by atoms with Crippen LogP contribution < -0.4 is 4.74 Å². The number of rotatable bonds is 6. The molecule has 28 heavy (non-hydrogen) atoms. The summed E-state index contributed by atoms with van der Waals surface area (Å²) in [5.41, 5.74) is 1.74. The molecule has 1 amide bonds. The zero-order valence-corrected chi connectivity index (χ0v) is 17.8. The zero-order valence-electron chi connectivity index (χ0n) is 16.2. The Labute approximate surface area is 170 Å². The lowest BCUT2D eigenvalue weighted by Crippen LogP contribution is -2.43. The molecule has 6 nitrogen and oxygen atoms in total. The van der Waals surface area contributed by atoms with E-state index >= 15 is 0 Å². The maximum atomic E-state index is 12.9. The highest BCUT2D eigenvalue weighted by Gasteiger charge is 2.35. The topological polar surface area (TPSA) is 76.8 Å². The summed E-state index contributed by atoms with van der Waals surface area (Å²) < 4.78 is 35.1. The molecule has 0 aliphatic carbocycles. The monoisotopic (exact) mass is 425 g/mol. The summed E-state index contributed by atoms with van der Waals surface area (Å²) in [7, 11) is -3.12. The van der Waals surface area contributed by atoms with Gasteiger partial charge >= 0.3 is 0 Å². The second-order valence-electron chi connectivity index (χ2n) is 7.25. The molecular weight excluding hydrogens is 402 g/mol. The second-order valence-corrected chi connectivity index (χ2v) is 9.86. The van der Waals surface area contributed by atoms with Crippen molar-refractivity contribution in [3.05, 3.63) is 51.9 Å². The van der Waals surface area contributed by atoms with Gasteiger partial charge in [-0.2, -0.15) is 0 Å². The van der Waals surface area contributed by atoms with Crippen molar-refractivity contribution in [2.45, 2.75) is 39.8 Å². The van der Waals surface area contributed by atoms with Crippen LogP contribution in [-0.2, 0) is 21.2 Å². The van der Waals surface area contributed by atoms with Gasteiger partial charge in [-0.15, -0.1) is 0 Å². The van der Waals surface area contributed by atoms with Gasteiger partial charge in [-0.3, -0.25) is 4.79 Å². The second kappa shape index (κ2) is 8.17. The molecule has 0 N–H and O–H groups in total. The Hall–Kier alpha value is -1.99. The van der Waals surface area contributed by atoms with Crippen molar-refractivity contribution in [1.82, 2.24) is 4.90 Å². The van der Waals surface area contributed by atoms with E-state index in [4.69, 9.17) is 20.8 Å². The summed E-state index contributed by atoms with van der Waals surface area (Å²) in [4.78, 5) is 14.5. The number of aryl methyl sites for hydroxylation is 3. The third kappa shape index (κ3) is 4.89. The highest BCUT2D eigenvalue weighted by molar-refractivity contribution is 7.91. The molecule has 1 aliphatic rings. The summed E-state index contributed by atoms with van der Waals surface area (Å²) in [5.74, 6) is 1.70. The van der Waals surface area contributed by atoms with E-state index in [1.807, 2.05) is 26.8 Å². The molecule has 2 aromatic rings. The summed E-state index contributed by atoms with van der Waals surface area (Å²) in [5, 5.41) is 0.671. The highest BCUT2D eigenvalue weighted by Crippen LogP contribution is 2.26. The van der Waals surface area contributed by atoms with Crippen molar-refractivity contribution in [1.29, 1.82) is 0 Å². The molecule has 1 saturated heterocycles. The number of ether oxygens (including phenoxy) is 1. The minimum Gasteiger partial charge on any atom is -0.484 e. The van der Waals surface area contributed by atoms with Gasteiger partial charge in [-0.1, -0.05) is 11.6 Å². The normalized spacial score (nSPS) is 18.2. The van der Waals surface area contributed by atoms with Gasteiger partial charge in [0.05, 0.1) is 18.1 Å². The Morgan fingerprint density at radius 2 is 1.93 bits per heavy atom. The largest absolute Gasteiger partial charge is 0.484 e. The Morgan fingerprint density at radius 1 is 1.25 bits per heavy atom. The van der Waals surface area contributed by atoms with Crippen LogP contribution in [0.1, 0.15) is 29.1 Å². The number of benzene rings is 1. The standard InChI is InChI=1S/C20H24ClNO5S/c1-13-8-18(9-14(2)20(13)21)26-11-19(23)22(10-17-5-4-15(3)27-17)16-6-7-28(24,25)12-16/h4-5,8-9,16H,6-7,10-12H2,1-3H3. The van der Waals surface area contributed by atoms with E-state index in [1.165, 1.54) is 0 Å². The molecule has 2 heterocycles. The number of hydrogen-bond donors (Lipinski definition) is 0. The van der Waals surface area contributed by atoms with E-state index < -0.39 is 9.84 Å². The van der Waals surface area contributed by atoms with Gasteiger partial charge in [0, 0.05) is 11.1 Å². The molecule has 1 unspecified atom stereocenters. The van der Waals surface area contributed by atoms with Crippen LogP contribution in [0.5, 0.6) is 5.75 Å². The van der Waals surface area contributed by atoms with E-state index in [9.17, 15) is 13.2 Å². The summed E-state index contributed by atoms with van der Waals surface area (Å²) in [6, 6.07) is 6.80. The molecule has 1 fully saturated rings. The molecule has 0 spiro atoms. The minimum atomic E-state index is -3.12. The Kier molecular flexibility index (Phi) is 6.05. The van der Waals surface area contributed by atoms with Crippen LogP contribution in [0.2, 0.25) is 5.02 Å². The highest BCUT2D eigenvalue weighted by atomic mass is 35.5. The molecule has 152 valence electrons. The Morgan fingerprint density at radius 3 is 2.46 bits per heavy atom. The van der Waals surface area contributed by atoms with Crippen LogP contribution in [0.4, 0.5) is 0 Å². The molecule has 1 aromatic heterocycles. The first-order chi connectivity index (χ1) is 13.1. The number of nitrogens with zero attached hydrogens (tertiary/aromatic N) is 1. The number of carbonyl (C=O) groups excluding carboxylic acids is 1. The molecule has 1 atom stereocenters. The van der Waals surface area contributed by atoms with Gasteiger partial charge < -0.3 is 14.1 Å². The Balaban J connectivity index is 1.74. The predicted molar refractivity (Wildman–Crippen MR) is 107 cm³/mol. The van der Waals surface area contributed by atoms with Gasteiger partial charge in [0.25, 0.3) is 5.91 Å². The predicted octanol–water partition coefficient (Wildman–Crippen LogP) is 3.45. The number of amides is 1. The average Bonchev–Trinajstić information content (AvgIpc) is 3.20. The van der Waals surface area contributed by atoms with Crippen molar-refractivity contribution >= 4 is 27.3 Å². The summed E-state index contributed by atoms with van der Waals surface area (Å²) in [6.07, 6.45) is 0.424. The van der Waals surface area contributed by atoms with Gasteiger partial charge in [0.15, 0.2) is 16.4 Å².